The lowest BCUT2D eigenvalue weighted by molar-refractivity contribution is 0.434. The van der Waals surface area contributed by atoms with Gasteiger partial charge >= 0.3 is 0 Å². The fourth-order valence-electron chi connectivity index (χ4n) is 2.53. The summed E-state index contributed by atoms with van der Waals surface area (Å²) in [7, 11) is 1.97. The van der Waals surface area contributed by atoms with Gasteiger partial charge in [0.2, 0.25) is 0 Å². The first kappa shape index (κ1) is 13.3. The van der Waals surface area contributed by atoms with Gasteiger partial charge < -0.3 is 10.6 Å². The maximum atomic E-state index is 4.37. The number of hydrogen-bond acceptors (Lipinski definition) is 4. The van der Waals surface area contributed by atoms with Crippen LogP contribution in [0, 0.1) is 0 Å². The zero-order valence-electron chi connectivity index (χ0n) is 11.3. The van der Waals surface area contributed by atoms with E-state index < -0.39 is 0 Å². The molecular formula is C14H24N4. The molecule has 0 radical (unpaired) electrons. The van der Waals surface area contributed by atoms with E-state index >= 15 is 0 Å². The van der Waals surface area contributed by atoms with Crippen LogP contribution in [0.4, 0.5) is 5.82 Å². The lowest BCUT2D eigenvalue weighted by atomic mass is 9.87. The van der Waals surface area contributed by atoms with Gasteiger partial charge in [-0.25, -0.2) is 0 Å². The Bertz CT molecular complexity index is 330. The molecule has 0 spiro atoms. The quantitative estimate of drug-likeness (QED) is 0.760. The summed E-state index contributed by atoms with van der Waals surface area (Å²) in [6.45, 7) is 1.97. The Balaban J connectivity index is 1.81. The van der Waals surface area contributed by atoms with E-state index in [1.807, 2.05) is 7.05 Å². The molecule has 1 aliphatic carbocycles. The molecule has 1 heterocycles. The van der Waals surface area contributed by atoms with E-state index in [2.05, 4.69) is 33.0 Å². The first-order valence-electron chi connectivity index (χ1n) is 7.12. The van der Waals surface area contributed by atoms with Crippen LogP contribution in [0.5, 0.6) is 0 Å². The minimum atomic E-state index is 0.643. The molecule has 0 aromatic carbocycles. The second kappa shape index (κ2) is 7.31. The van der Waals surface area contributed by atoms with Gasteiger partial charge in [0.15, 0.2) is 0 Å². The number of anilines is 1. The average Bonchev–Trinajstić information content (AvgIpc) is 2.45. The van der Waals surface area contributed by atoms with Crippen molar-refractivity contribution in [3.05, 3.63) is 17.8 Å². The van der Waals surface area contributed by atoms with Crippen molar-refractivity contribution < 1.29 is 0 Å². The average molecular weight is 248 g/mol. The van der Waals surface area contributed by atoms with Crippen LogP contribution in [-0.2, 0) is 0 Å². The smallest absolute Gasteiger partial charge is 0.148 e. The standard InChI is InChI=1S/C14H24N4/c1-15-10-5-11-16-14-9-8-13(17-18-14)12-6-3-2-4-7-12/h8-9,12,15H,2-7,10-11H2,1H3,(H,16,18). The van der Waals surface area contributed by atoms with Crippen molar-refractivity contribution in [1.29, 1.82) is 0 Å². The van der Waals surface area contributed by atoms with E-state index in [0.29, 0.717) is 5.92 Å². The predicted molar refractivity (Wildman–Crippen MR) is 74.9 cm³/mol. The minimum absolute atomic E-state index is 0.643. The lowest BCUT2D eigenvalue weighted by Crippen LogP contribution is -2.14. The van der Waals surface area contributed by atoms with Gasteiger partial charge in [-0.1, -0.05) is 19.3 Å². The predicted octanol–water partition coefficient (Wildman–Crippen LogP) is 2.55. The Hall–Kier alpha value is -1.16. The van der Waals surface area contributed by atoms with Crippen molar-refractivity contribution in [2.75, 3.05) is 25.5 Å². The summed E-state index contributed by atoms with van der Waals surface area (Å²) in [6.07, 6.45) is 7.73. The number of nitrogens with zero attached hydrogens (tertiary/aromatic N) is 2. The summed E-state index contributed by atoms with van der Waals surface area (Å²) in [5.41, 5.74) is 1.18. The maximum absolute atomic E-state index is 4.37. The van der Waals surface area contributed by atoms with Crippen molar-refractivity contribution in [3.8, 4) is 0 Å². The SMILES string of the molecule is CNCCCNc1ccc(C2CCCCC2)nn1. The van der Waals surface area contributed by atoms with Crippen LogP contribution in [0.15, 0.2) is 12.1 Å². The van der Waals surface area contributed by atoms with Gasteiger partial charge in [-0.05, 0) is 45.0 Å². The van der Waals surface area contributed by atoms with Crippen molar-refractivity contribution >= 4 is 5.82 Å². The molecule has 0 aliphatic heterocycles. The van der Waals surface area contributed by atoms with Gasteiger partial charge in [0.1, 0.15) is 5.82 Å². The second-order valence-corrected chi connectivity index (χ2v) is 5.06. The number of nitrogens with one attached hydrogen (secondary N) is 2. The molecular weight excluding hydrogens is 224 g/mol. The number of aromatic nitrogens is 2. The first-order valence-corrected chi connectivity index (χ1v) is 7.12. The summed E-state index contributed by atoms with van der Waals surface area (Å²) in [4.78, 5) is 0. The van der Waals surface area contributed by atoms with Crippen molar-refractivity contribution in [3.63, 3.8) is 0 Å². The Morgan fingerprint density at radius 1 is 1.11 bits per heavy atom. The maximum Gasteiger partial charge on any atom is 0.148 e. The normalized spacial score (nSPS) is 16.7. The Morgan fingerprint density at radius 3 is 2.61 bits per heavy atom. The van der Waals surface area contributed by atoms with E-state index in [4.69, 9.17) is 0 Å². The summed E-state index contributed by atoms with van der Waals surface area (Å²) in [6, 6.07) is 4.21. The van der Waals surface area contributed by atoms with E-state index in [1.165, 1.54) is 37.8 Å². The molecule has 1 aromatic heterocycles. The molecule has 1 saturated carbocycles. The molecule has 0 atom stereocenters. The highest BCUT2D eigenvalue weighted by molar-refractivity contribution is 5.33. The molecule has 18 heavy (non-hydrogen) atoms. The summed E-state index contributed by atoms with van der Waals surface area (Å²) in [5, 5.41) is 15.1. The Labute approximate surface area is 110 Å². The molecule has 1 aromatic rings. The van der Waals surface area contributed by atoms with Crippen molar-refractivity contribution in [1.82, 2.24) is 15.5 Å². The van der Waals surface area contributed by atoms with E-state index in [0.717, 1.165) is 25.3 Å². The van der Waals surface area contributed by atoms with Gasteiger partial charge in [-0.3, -0.25) is 0 Å². The van der Waals surface area contributed by atoms with Crippen LogP contribution in [0.3, 0.4) is 0 Å². The van der Waals surface area contributed by atoms with Crippen LogP contribution in [0.1, 0.15) is 50.1 Å². The molecule has 1 aliphatic rings. The van der Waals surface area contributed by atoms with Gasteiger partial charge in [-0.2, -0.15) is 5.10 Å². The Morgan fingerprint density at radius 2 is 1.94 bits per heavy atom. The van der Waals surface area contributed by atoms with Gasteiger partial charge in [0, 0.05) is 12.5 Å². The summed E-state index contributed by atoms with van der Waals surface area (Å²) in [5.74, 6) is 1.54. The lowest BCUT2D eigenvalue weighted by Gasteiger charge is -2.20. The highest BCUT2D eigenvalue weighted by Gasteiger charge is 2.16. The molecule has 4 heteroatoms. The topological polar surface area (TPSA) is 49.8 Å². The fourth-order valence-corrected chi connectivity index (χ4v) is 2.53. The molecule has 1 fully saturated rings. The van der Waals surface area contributed by atoms with Gasteiger partial charge in [0.25, 0.3) is 0 Å². The summed E-state index contributed by atoms with van der Waals surface area (Å²) < 4.78 is 0. The monoisotopic (exact) mass is 248 g/mol. The largest absolute Gasteiger partial charge is 0.369 e. The zero-order chi connectivity index (χ0) is 12.6. The first-order chi connectivity index (χ1) is 8.90. The minimum Gasteiger partial charge on any atom is -0.369 e. The van der Waals surface area contributed by atoms with Crippen LogP contribution in [-0.4, -0.2) is 30.3 Å². The highest BCUT2D eigenvalue weighted by Crippen LogP contribution is 2.31. The number of rotatable bonds is 6. The molecule has 4 nitrogen and oxygen atoms in total. The third-order valence-corrected chi connectivity index (χ3v) is 3.62. The van der Waals surface area contributed by atoms with Crippen LogP contribution >= 0.6 is 0 Å². The Kier molecular flexibility index (Phi) is 5.39. The van der Waals surface area contributed by atoms with E-state index in [1.54, 1.807) is 0 Å². The third kappa shape index (κ3) is 3.95. The highest BCUT2D eigenvalue weighted by atomic mass is 15.2. The second-order valence-electron chi connectivity index (χ2n) is 5.06. The zero-order valence-corrected chi connectivity index (χ0v) is 11.3. The molecule has 2 rings (SSSR count). The van der Waals surface area contributed by atoms with Crippen molar-refractivity contribution in [2.45, 2.75) is 44.4 Å². The van der Waals surface area contributed by atoms with Crippen LogP contribution < -0.4 is 10.6 Å². The van der Waals surface area contributed by atoms with E-state index in [9.17, 15) is 0 Å². The van der Waals surface area contributed by atoms with E-state index in [-0.39, 0.29) is 0 Å². The van der Waals surface area contributed by atoms with Crippen LogP contribution in [0.2, 0.25) is 0 Å². The van der Waals surface area contributed by atoms with Gasteiger partial charge in [0.05, 0.1) is 5.69 Å². The van der Waals surface area contributed by atoms with Gasteiger partial charge in [-0.15, -0.1) is 5.10 Å². The molecule has 100 valence electrons. The molecule has 0 unspecified atom stereocenters. The molecule has 2 N–H and O–H groups in total. The molecule has 0 amide bonds. The van der Waals surface area contributed by atoms with Crippen LogP contribution in [0.25, 0.3) is 0 Å². The molecule has 0 bridgehead atoms. The third-order valence-electron chi connectivity index (χ3n) is 3.62. The summed E-state index contributed by atoms with van der Waals surface area (Å²) >= 11 is 0. The molecule has 0 saturated heterocycles. The van der Waals surface area contributed by atoms with Crippen molar-refractivity contribution in [2.24, 2.45) is 0 Å². The fraction of sp³-hybridized carbons (Fsp3) is 0.714. The number of hydrogen-bond donors (Lipinski definition) is 2.